The molecule has 3 N–H and O–H groups in total. The van der Waals surface area contributed by atoms with Crippen LogP contribution < -0.4 is 11.1 Å². The molecule has 4 nitrogen and oxygen atoms in total. The van der Waals surface area contributed by atoms with E-state index in [1.807, 2.05) is 31.2 Å². The largest absolute Gasteiger partial charge is 0.324 e. The molecule has 1 amide bonds. The Bertz CT molecular complexity index is 522. The molecule has 0 aliphatic rings. The van der Waals surface area contributed by atoms with Crippen LogP contribution in [0, 0.1) is 6.92 Å². The third kappa shape index (κ3) is 2.93. The number of nitrogens with one attached hydrogen (secondary N) is 1. The molecule has 0 saturated heterocycles. The quantitative estimate of drug-likeness (QED) is 0.864. The van der Waals surface area contributed by atoms with Gasteiger partial charge in [-0.2, -0.15) is 0 Å². The minimum absolute atomic E-state index is 0.231. The van der Waals surface area contributed by atoms with E-state index in [4.69, 9.17) is 5.73 Å². The summed E-state index contributed by atoms with van der Waals surface area (Å²) >= 11 is 0. The van der Waals surface area contributed by atoms with Crippen LogP contribution in [0.5, 0.6) is 0 Å². The van der Waals surface area contributed by atoms with Gasteiger partial charge in [0.2, 0.25) is 5.91 Å². The van der Waals surface area contributed by atoms with Gasteiger partial charge in [-0.15, -0.1) is 0 Å². The lowest BCUT2D eigenvalue weighted by atomic mass is 10.1. The van der Waals surface area contributed by atoms with Gasteiger partial charge in [0, 0.05) is 18.1 Å². The van der Waals surface area contributed by atoms with Crippen LogP contribution in [0.3, 0.4) is 0 Å². The second-order valence-corrected chi connectivity index (χ2v) is 4.11. The van der Waals surface area contributed by atoms with Crippen molar-refractivity contribution in [1.29, 1.82) is 0 Å². The standard InChI is InChI=1S/C14H15N3O/c1-10-2-4-11(5-3-10)13(15)14(18)17-12-6-8-16-9-7-12/h2-9,13H,15H2,1H3,(H,16,17,18). The zero-order chi connectivity index (χ0) is 13.0. The van der Waals surface area contributed by atoms with E-state index < -0.39 is 6.04 Å². The van der Waals surface area contributed by atoms with Crippen molar-refractivity contribution >= 4 is 11.6 Å². The molecule has 0 aliphatic heterocycles. The van der Waals surface area contributed by atoms with E-state index in [0.717, 1.165) is 11.1 Å². The number of anilines is 1. The summed E-state index contributed by atoms with van der Waals surface area (Å²) in [4.78, 5) is 15.8. The molecule has 0 saturated carbocycles. The molecule has 1 unspecified atom stereocenters. The maximum atomic E-state index is 11.9. The Kier molecular flexibility index (Phi) is 3.69. The Morgan fingerprint density at radius 3 is 2.39 bits per heavy atom. The lowest BCUT2D eigenvalue weighted by molar-refractivity contribution is -0.117. The van der Waals surface area contributed by atoms with E-state index in [9.17, 15) is 4.79 Å². The molecule has 0 aliphatic carbocycles. The average molecular weight is 241 g/mol. The molecule has 1 heterocycles. The molecule has 0 radical (unpaired) electrons. The summed E-state index contributed by atoms with van der Waals surface area (Å²) in [5.74, 6) is -0.231. The Labute approximate surface area is 106 Å². The Morgan fingerprint density at radius 1 is 1.17 bits per heavy atom. The first-order valence-corrected chi connectivity index (χ1v) is 5.70. The first kappa shape index (κ1) is 12.3. The first-order chi connectivity index (χ1) is 8.66. The summed E-state index contributed by atoms with van der Waals surface area (Å²) in [7, 11) is 0. The van der Waals surface area contributed by atoms with Crippen molar-refractivity contribution in [1.82, 2.24) is 4.98 Å². The van der Waals surface area contributed by atoms with Crippen LogP contribution in [-0.2, 0) is 4.79 Å². The zero-order valence-electron chi connectivity index (χ0n) is 10.1. The van der Waals surface area contributed by atoms with Gasteiger partial charge in [-0.05, 0) is 24.6 Å². The predicted molar refractivity (Wildman–Crippen MR) is 71.0 cm³/mol. The summed E-state index contributed by atoms with van der Waals surface area (Å²) in [6.07, 6.45) is 3.24. The van der Waals surface area contributed by atoms with Crippen molar-refractivity contribution in [2.24, 2.45) is 5.73 Å². The number of aryl methyl sites for hydroxylation is 1. The Morgan fingerprint density at radius 2 is 1.78 bits per heavy atom. The van der Waals surface area contributed by atoms with Crippen molar-refractivity contribution < 1.29 is 4.79 Å². The second-order valence-electron chi connectivity index (χ2n) is 4.11. The predicted octanol–water partition coefficient (Wildman–Crippen LogP) is 2.03. The van der Waals surface area contributed by atoms with Gasteiger partial charge in [0.05, 0.1) is 0 Å². The van der Waals surface area contributed by atoms with Gasteiger partial charge in [0.1, 0.15) is 6.04 Å². The Hall–Kier alpha value is -2.20. The molecule has 0 spiro atoms. The van der Waals surface area contributed by atoms with Crippen molar-refractivity contribution in [3.8, 4) is 0 Å². The van der Waals surface area contributed by atoms with Crippen molar-refractivity contribution in [2.75, 3.05) is 5.32 Å². The van der Waals surface area contributed by atoms with Crippen molar-refractivity contribution in [2.45, 2.75) is 13.0 Å². The molecule has 18 heavy (non-hydrogen) atoms. The number of hydrogen-bond acceptors (Lipinski definition) is 3. The zero-order valence-corrected chi connectivity index (χ0v) is 10.1. The van der Waals surface area contributed by atoms with E-state index in [-0.39, 0.29) is 5.91 Å². The van der Waals surface area contributed by atoms with E-state index >= 15 is 0 Å². The molecular formula is C14H15N3O. The molecule has 0 bridgehead atoms. The smallest absolute Gasteiger partial charge is 0.245 e. The molecule has 4 heteroatoms. The third-order valence-corrected chi connectivity index (χ3v) is 2.67. The van der Waals surface area contributed by atoms with Gasteiger partial charge in [-0.3, -0.25) is 9.78 Å². The van der Waals surface area contributed by atoms with Crippen LogP contribution in [0.15, 0.2) is 48.8 Å². The van der Waals surface area contributed by atoms with Gasteiger partial charge >= 0.3 is 0 Å². The average Bonchev–Trinajstić information content (AvgIpc) is 2.40. The van der Waals surface area contributed by atoms with Gasteiger partial charge in [0.15, 0.2) is 0 Å². The number of rotatable bonds is 3. The third-order valence-electron chi connectivity index (χ3n) is 2.67. The van der Waals surface area contributed by atoms with Crippen LogP contribution in [0.25, 0.3) is 0 Å². The molecule has 0 fully saturated rings. The molecule has 2 aromatic rings. The van der Waals surface area contributed by atoms with Crippen LogP contribution in [0.4, 0.5) is 5.69 Å². The number of amides is 1. The summed E-state index contributed by atoms with van der Waals surface area (Å²) in [5.41, 5.74) is 8.54. The van der Waals surface area contributed by atoms with Crippen molar-refractivity contribution in [3.63, 3.8) is 0 Å². The highest BCUT2D eigenvalue weighted by atomic mass is 16.2. The number of nitrogens with two attached hydrogens (primary N) is 1. The highest BCUT2D eigenvalue weighted by Gasteiger charge is 2.15. The second kappa shape index (κ2) is 5.42. The summed E-state index contributed by atoms with van der Waals surface area (Å²) < 4.78 is 0. The number of benzene rings is 1. The van der Waals surface area contributed by atoms with E-state index in [1.165, 1.54) is 0 Å². The van der Waals surface area contributed by atoms with Crippen LogP contribution in [0.1, 0.15) is 17.2 Å². The molecular weight excluding hydrogens is 226 g/mol. The van der Waals surface area contributed by atoms with E-state index in [2.05, 4.69) is 10.3 Å². The topological polar surface area (TPSA) is 68.0 Å². The molecule has 1 aromatic carbocycles. The SMILES string of the molecule is Cc1ccc(C(N)C(=O)Nc2ccncc2)cc1. The monoisotopic (exact) mass is 241 g/mol. The first-order valence-electron chi connectivity index (χ1n) is 5.70. The maximum Gasteiger partial charge on any atom is 0.245 e. The minimum Gasteiger partial charge on any atom is -0.324 e. The fourth-order valence-corrected chi connectivity index (χ4v) is 1.58. The summed E-state index contributed by atoms with van der Waals surface area (Å²) in [6.45, 7) is 1.99. The minimum atomic E-state index is -0.668. The Balaban J connectivity index is 2.07. The number of hydrogen-bond donors (Lipinski definition) is 2. The van der Waals surface area contributed by atoms with Crippen LogP contribution >= 0.6 is 0 Å². The lowest BCUT2D eigenvalue weighted by Crippen LogP contribution is -2.27. The number of aromatic nitrogens is 1. The fraction of sp³-hybridized carbons (Fsp3) is 0.143. The number of nitrogens with zero attached hydrogens (tertiary/aromatic N) is 1. The van der Waals surface area contributed by atoms with Gasteiger partial charge < -0.3 is 11.1 Å². The number of pyridine rings is 1. The number of carbonyl (C=O) groups excluding carboxylic acids is 1. The molecule has 1 atom stereocenters. The highest BCUT2D eigenvalue weighted by Crippen LogP contribution is 2.14. The van der Waals surface area contributed by atoms with Gasteiger partial charge in [0.25, 0.3) is 0 Å². The highest BCUT2D eigenvalue weighted by molar-refractivity contribution is 5.95. The van der Waals surface area contributed by atoms with E-state index in [1.54, 1.807) is 24.5 Å². The molecule has 1 aromatic heterocycles. The van der Waals surface area contributed by atoms with E-state index in [0.29, 0.717) is 5.69 Å². The molecule has 92 valence electrons. The van der Waals surface area contributed by atoms with Gasteiger partial charge in [-0.1, -0.05) is 29.8 Å². The fourth-order valence-electron chi connectivity index (χ4n) is 1.58. The summed E-state index contributed by atoms with van der Waals surface area (Å²) in [6, 6.07) is 10.4. The lowest BCUT2D eigenvalue weighted by Gasteiger charge is -2.12. The number of carbonyl (C=O) groups is 1. The van der Waals surface area contributed by atoms with Gasteiger partial charge in [-0.25, -0.2) is 0 Å². The van der Waals surface area contributed by atoms with Crippen molar-refractivity contribution in [3.05, 3.63) is 59.9 Å². The normalized spacial score (nSPS) is 11.9. The maximum absolute atomic E-state index is 11.9. The van der Waals surface area contributed by atoms with Crippen LogP contribution in [-0.4, -0.2) is 10.9 Å². The summed E-state index contributed by atoms with van der Waals surface area (Å²) in [5, 5.41) is 2.75. The van der Waals surface area contributed by atoms with Crippen LogP contribution in [0.2, 0.25) is 0 Å². The molecule has 2 rings (SSSR count).